The fourth-order valence-corrected chi connectivity index (χ4v) is 2.19. The molecule has 0 spiro atoms. The topological polar surface area (TPSA) is 30.2 Å². The van der Waals surface area contributed by atoms with Crippen LogP contribution in [-0.2, 0) is 6.42 Å². The molecular weight excluding hydrogens is 248 g/mol. The van der Waals surface area contributed by atoms with Crippen molar-refractivity contribution in [3.05, 3.63) is 69.2 Å². The molecule has 18 heavy (non-hydrogen) atoms. The SMILES string of the molecule is CCC(Cc1ccc(Cl)cc1)c1cccoc1=O. The molecule has 1 aromatic carbocycles. The standard InChI is InChI=1S/C15H15ClO2/c1-2-12(14-4-3-9-18-15(14)17)10-11-5-7-13(16)8-6-11/h3-9,12H,2,10H2,1H3. The van der Waals surface area contributed by atoms with Gasteiger partial charge in [-0.15, -0.1) is 0 Å². The van der Waals surface area contributed by atoms with E-state index in [9.17, 15) is 4.79 Å². The van der Waals surface area contributed by atoms with Crippen LogP contribution in [0.25, 0.3) is 0 Å². The molecule has 3 heteroatoms. The highest BCUT2D eigenvalue weighted by Crippen LogP contribution is 2.22. The summed E-state index contributed by atoms with van der Waals surface area (Å²) in [5.74, 6) is 0.184. The molecular formula is C15H15ClO2. The van der Waals surface area contributed by atoms with Crippen molar-refractivity contribution in [1.29, 1.82) is 0 Å². The van der Waals surface area contributed by atoms with Gasteiger partial charge >= 0.3 is 5.63 Å². The van der Waals surface area contributed by atoms with E-state index in [4.69, 9.17) is 16.0 Å². The maximum Gasteiger partial charge on any atom is 0.339 e. The van der Waals surface area contributed by atoms with Crippen LogP contribution in [0.15, 0.2) is 51.9 Å². The highest BCUT2D eigenvalue weighted by Gasteiger charge is 2.14. The lowest BCUT2D eigenvalue weighted by molar-refractivity contribution is 0.487. The third kappa shape index (κ3) is 3.02. The van der Waals surface area contributed by atoms with E-state index in [2.05, 4.69) is 6.92 Å². The van der Waals surface area contributed by atoms with Gasteiger partial charge in [0.2, 0.25) is 0 Å². The van der Waals surface area contributed by atoms with Crippen LogP contribution in [0.5, 0.6) is 0 Å². The molecule has 0 bridgehead atoms. The average molecular weight is 263 g/mol. The molecule has 0 amide bonds. The Labute approximate surface area is 111 Å². The van der Waals surface area contributed by atoms with Crippen LogP contribution in [0, 0.1) is 0 Å². The monoisotopic (exact) mass is 262 g/mol. The second-order valence-corrected chi connectivity index (χ2v) is 4.73. The van der Waals surface area contributed by atoms with Crippen LogP contribution >= 0.6 is 11.6 Å². The summed E-state index contributed by atoms with van der Waals surface area (Å²) in [7, 11) is 0. The Morgan fingerprint density at radius 2 is 1.94 bits per heavy atom. The minimum Gasteiger partial charge on any atom is -0.431 e. The van der Waals surface area contributed by atoms with Crippen molar-refractivity contribution in [3.63, 3.8) is 0 Å². The first-order chi connectivity index (χ1) is 8.70. The van der Waals surface area contributed by atoms with Gasteiger partial charge in [-0.25, -0.2) is 4.79 Å². The van der Waals surface area contributed by atoms with Crippen molar-refractivity contribution < 1.29 is 4.42 Å². The number of benzene rings is 1. The van der Waals surface area contributed by atoms with E-state index in [1.165, 1.54) is 11.8 Å². The van der Waals surface area contributed by atoms with E-state index in [0.717, 1.165) is 23.4 Å². The molecule has 1 heterocycles. The molecule has 0 aliphatic heterocycles. The highest BCUT2D eigenvalue weighted by molar-refractivity contribution is 6.30. The lowest BCUT2D eigenvalue weighted by Crippen LogP contribution is -2.13. The van der Waals surface area contributed by atoms with E-state index in [0.29, 0.717) is 0 Å². The third-order valence-corrected chi connectivity index (χ3v) is 3.35. The molecule has 0 saturated carbocycles. The Bertz CT molecular complexity index is 557. The first kappa shape index (κ1) is 12.9. The zero-order valence-electron chi connectivity index (χ0n) is 10.2. The van der Waals surface area contributed by atoms with E-state index < -0.39 is 0 Å². The molecule has 2 nitrogen and oxygen atoms in total. The van der Waals surface area contributed by atoms with E-state index >= 15 is 0 Å². The molecule has 0 radical (unpaired) electrons. The predicted octanol–water partition coefficient (Wildman–Crippen LogP) is 4.03. The lowest BCUT2D eigenvalue weighted by atomic mass is 9.91. The molecule has 94 valence electrons. The summed E-state index contributed by atoms with van der Waals surface area (Å²) in [6.45, 7) is 2.08. The summed E-state index contributed by atoms with van der Waals surface area (Å²) in [6, 6.07) is 11.3. The van der Waals surface area contributed by atoms with Gasteiger partial charge in [0.1, 0.15) is 0 Å². The number of hydrogen-bond acceptors (Lipinski definition) is 2. The van der Waals surface area contributed by atoms with Crippen LogP contribution in [-0.4, -0.2) is 0 Å². The summed E-state index contributed by atoms with van der Waals surface area (Å²) in [4.78, 5) is 11.7. The van der Waals surface area contributed by atoms with Gasteiger partial charge in [0, 0.05) is 10.6 Å². The van der Waals surface area contributed by atoms with Gasteiger partial charge in [-0.3, -0.25) is 0 Å². The van der Waals surface area contributed by atoms with Crippen molar-refractivity contribution in [2.24, 2.45) is 0 Å². The number of hydrogen-bond donors (Lipinski definition) is 0. The molecule has 0 fully saturated rings. The Balaban J connectivity index is 2.22. The molecule has 0 saturated heterocycles. The number of halogens is 1. The molecule has 0 aliphatic rings. The molecule has 1 atom stereocenters. The van der Waals surface area contributed by atoms with Gasteiger partial charge in [0.15, 0.2) is 0 Å². The Morgan fingerprint density at radius 1 is 1.22 bits per heavy atom. The van der Waals surface area contributed by atoms with Crippen LogP contribution in [0.3, 0.4) is 0 Å². The van der Waals surface area contributed by atoms with E-state index in [1.54, 1.807) is 6.07 Å². The smallest absolute Gasteiger partial charge is 0.339 e. The maximum absolute atomic E-state index is 11.7. The minimum atomic E-state index is -0.238. The van der Waals surface area contributed by atoms with Gasteiger partial charge in [0.05, 0.1) is 6.26 Å². The maximum atomic E-state index is 11.7. The highest BCUT2D eigenvalue weighted by atomic mass is 35.5. The summed E-state index contributed by atoms with van der Waals surface area (Å²) >= 11 is 5.86. The van der Waals surface area contributed by atoms with Crippen molar-refractivity contribution in [2.75, 3.05) is 0 Å². The molecule has 2 rings (SSSR count). The van der Waals surface area contributed by atoms with Gasteiger partial charge in [0.25, 0.3) is 0 Å². The number of rotatable bonds is 4. The molecule has 2 aromatic rings. The van der Waals surface area contributed by atoms with Crippen LogP contribution in [0.2, 0.25) is 5.02 Å². The minimum absolute atomic E-state index is 0.184. The molecule has 0 aliphatic carbocycles. The van der Waals surface area contributed by atoms with Crippen molar-refractivity contribution in [3.8, 4) is 0 Å². The normalized spacial score (nSPS) is 12.3. The van der Waals surface area contributed by atoms with Crippen LogP contribution in [0.4, 0.5) is 0 Å². The first-order valence-electron chi connectivity index (χ1n) is 6.03. The average Bonchev–Trinajstić information content (AvgIpc) is 2.39. The molecule has 1 unspecified atom stereocenters. The Kier molecular flexibility index (Phi) is 4.21. The quantitative estimate of drug-likeness (QED) is 0.833. The Hall–Kier alpha value is -1.54. The van der Waals surface area contributed by atoms with Crippen LogP contribution < -0.4 is 5.63 Å². The van der Waals surface area contributed by atoms with Crippen LogP contribution in [0.1, 0.15) is 30.4 Å². The van der Waals surface area contributed by atoms with Crippen molar-refractivity contribution in [2.45, 2.75) is 25.7 Å². The second-order valence-electron chi connectivity index (χ2n) is 4.29. The van der Waals surface area contributed by atoms with Gasteiger partial charge in [-0.2, -0.15) is 0 Å². The first-order valence-corrected chi connectivity index (χ1v) is 6.40. The largest absolute Gasteiger partial charge is 0.431 e. The summed E-state index contributed by atoms with van der Waals surface area (Å²) < 4.78 is 4.92. The van der Waals surface area contributed by atoms with Gasteiger partial charge in [-0.05, 0) is 48.6 Å². The van der Waals surface area contributed by atoms with E-state index in [1.807, 2.05) is 30.3 Å². The fourth-order valence-electron chi connectivity index (χ4n) is 2.06. The van der Waals surface area contributed by atoms with Crippen molar-refractivity contribution in [1.82, 2.24) is 0 Å². The summed E-state index contributed by atoms with van der Waals surface area (Å²) in [5, 5.41) is 0.728. The zero-order valence-corrected chi connectivity index (χ0v) is 11.0. The Morgan fingerprint density at radius 3 is 2.56 bits per heavy atom. The van der Waals surface area contributed by atoms with Crippen molar-refractivity contribution >= 4 is 11.6 Å². The predicted molar refractivity (Wildman–Crippen MR) is 73.2 cm³/mol. The third-order valence-electron chi connectivity index (χ3n) is 3.09. The fraction of sp³-hybridized carbons (Fsp3) is 0.267. The molecule has 0 N–H and O–H groups in total. The van der Waals surface area contributed by atoms with Gasteiger partial charge in [-0.1, -0.05) is 30.7 Å². The van der Waals surface area contributed by atoms with E-state index in [-0.39, 0.29) is 11.5 Å². The second kappa shape index (κ2) is 5.87. The van der Waals surface area contributed by atoms with Gasteiger partial charge < -0.3 is 4.42 Å². The molecule has 1 aromatic heterocycles. The lowest BCUT2D eigenvalue weighted by Gasteiger charge is -2.13. The summed E-state index contributed by atoms with van der Waals surface area (Å²) in [5.41, 5.74) is 1.68. The zero-order chi connectivity index (χ0) is 13.0. The summed E-state index contributed by atoms with van der Waals surface area (Å²) in [6.07, 6.45) is 3.14.